The minimum Gasteiger partial charge on any atom is -0.506 e. The van der Waals surface area contributed by atoms with E-state index in [9.17, 15) is 81.3 Å². The van der Waals surface area contributed by atoms with E-state index in [0.29, 0.717) is 12.8 Å². The Bertz CT molecular complexity index is 1290. The number of ketones is 2. The van der Waals surface area contributed by atoms with E-state index in [-0.39, 0.29) is 36.9 Å². The maximum Gasteiger partial charge on any atom is 0.460 e. The second-order valence-electron chi connectivity index (χ2n) is 13.8. The zero-order chi connectivity index (χ0) is 36.4. The van der Waals surface area contributed by atoms with Gasteiger partial charge < -0.3 is 15.7 Å². The van der Waals surface area contributed by atoms with Crippen LogP contribution < -0.4 is 0 Å². The summed E-state index contributed by atoms with van der Waals surface area (Å²) in [6, 6.07) is 0. The Morgan fingerprint density at radius 3 is 0.958 bits per heavy atom. The van der Waals surface area contributed by atoms with Crippen molar-refractivity contribution in [1.29, 1.82) is 0 Å². The molecule has 4 N–H and O–H groups in total. The molecule has 0 aliphatic heterocycles. The number of rotatable bonds is 4. The molecular weight excluding hydrogens is 733 g/mol. The van der Waals surface area contributed by atoms with Crippen LogP contribution in [0, 0.1) is 33.5 Å². The van der Waals surface area contributed by atoms with Crippen molar-refractivity contribution in [3.05, 3.63) is 22.7 Å². The van der Waals surface area contributed by atoms with E-state index in [2.05, 4.69) is 0 Å². The minimum atomic E-state index is -6.56. The number of carbonyl (C=O) groups is 2. The van der Waals surface area contributed by atoms with Gasteiger partial charge in [0.25, 0.3) is 0 Å². The van der Waals surface area contributed by atoms with Crippen molar-refractivity contribution in [2.75, 3.05) is 0 Å². The SMILES string of the molecule is CC12CCC(/C(=C(\O)C(F)(F)C(F)(F)C(F)(F)F)C1=O)C2(C)C.CC12CCC(/C(=C(\O)C(F)(F)C(F)(F)C(F)(F)F)C1=O)C2(C)C.O.[V]. The van der Waals surface area contributed by atoms with Crippen LogP contribution in [0.3, 0.4) is 0 Å². The number of carbonyl (C=O) groups excluding carboxylic acids is 2. The van der Waals surface area contributed by atoms with Crippen LogP contribution in [0.4, 0.5) is 61.5 Å². The molecule has 4 unspecified atom stereocenters. The number of alkyl halides is 14. The van der Waals surface area contributed by atoms with Crippen LogP contribution in [0.2, 0.25) is 0 Å². The van der Waals surface area contributed by atoms with Crippen molar-refractivity contribution < 1.29 is 105 Å². The van der Waals surface area contributed by atoms with Gasteiger partial charge in [0, 0.05) is 40.5 Å². The number of hydrogen-bond acceptors (Lipinski definition) is 4. The zero-order valence-electron chi connectivity index (χ0n) is 25.9. The van der Waals surface area contributed by atoms with E-state index in [1.807, 2.05) is 0 Å². The van der Waals surface area contributed by atoms with E-state index < -0.39 is 104 Å². The molecule has 4 fully saturated rings. The largest absolute Gasteiger partial charge is 0.506 e. The molecule has 0 aromatic carbocycles. The molecule has 0 aromatic rings. The second kappa shape index (κ2) is 11.8. The fraction of sp³-hybridized carbons (Fsp3) is 0.786. The first kappa shape index (κ1) is 44.0. The van der Waals surface area contributed by atoms with E-state index in [0.717, 1.165) is 0 Å². The van der Waals surface area contributed by atoms with Crippen LogP contribution in [0.1, 0.15) is 67.2 Å². The van der Waals surface area contributed by atoms with E-state index in [4.69, 9.17) is 0 Å². The Morgan fingerprint density at radius 1 is 0.562 bits per heavy atom. The molecule has 4 saturated carbocycles. The molecule has 0 aromatic heterocycles. The molecule has 4 rings (SSSR count). The smallest absolute Gasteiger partial charge is 0.460 e. The molecule has 4 atom stereocenters. The minimum absolute atomic E-state index is 0. The summed E-state index contributed by atoms with van der Waals surface area (Å²) >= 11 is 0. The maximum atomic E-state index is 13.7. The van der Waals surface area contributed by atoms with Gasteiger partial charge in [0.15, 0.2) is 23.1 Å². The number of allylic oxidation sites excluding steroid dienone is 4. The first-order valence-electron chi connectivity index (χ1n) is 13.7. The van der Waals surface area contributed by atoms with Crippen molar-refractivity contribution in [3.8, 4) is 0 Å². The normalized spacial score (nSPS) is 31.9. The molecule has 0 heterocycles. The Hall–Kier alpha value is -2.02. The van der Waals surface area contributed by atoms with Gasteiger partial charge >= 0.3 is 36.0 Å². The molecule has 4 aliphatic carbocycles. The molecule has 48 heavy (non-hydrogen) atoms. The second-order valence-corrected chi connectivity index (χ2v) is 13.8. The number of fused-ring (bicyclic) bond motifs is 4. The zero-order valence-corrected chi connectivity index (χ0v) is 27.3. The number of Topliss-reactive ketones (excluding diaryl/α,β-unsaturated/α-hetero) is 2. The average Bonchev–Trinajstić information content (AvgIpc) is 3.37. The Labute approximate surface area is 276 Å². The fourth-order valence-electron chi connectivity index (χ4n) is 7.27. The predicted octanol–water partition coefficient (Wildman–Crippen LogP) is 8.49. The van der Waals surface area contributed by atoms with E-state index in [1.54, 1.807) is 27.7 Å². The molecule has 277 valence electrons. The molecule has 4 bridgehead atoms. The Morgan fingerprint density at radius 2 is 0.792 bits per heavy atom. The first-order chi connectivity index (χ1) is 20.1. The van der Waals surface area contributed by atoms with Crippen molar-refractivity contribution in [2.24, 2.45) is 33.5 Å². The molecular formula is C28H32F14O5V. The summed E-state index contributed by atoms with van der Waals surface area (Å²) in [7, 11) is 0. The van der Waals surface area contributed by atoms with Gasteiger partial charge in [-0.05, 0) is 48.3 Å². The standard InChI is InChI=1S/2C14H15F7O2.H2O.V/c2*1-10(2)6-4-5-11(10,3)8(22)7(6)9(23)12(15,16)13(17,18)14(19,20)21;;/h2*6,23H,4-5H2,1-3H3;1H2;/b2*9-7+;;. The summed E-state index contributed by atoms with van der Waals surface area (Å²) in [5, 5.41) is 19.1. The summed E-state index contributed by atoms with van der Waals surface area (Å²) in [4.78, 5) is 24.6. The third-order valence-corrected chi connectivity index (χ3v) is 11.2. The van der Waals surface area contributed by atoms with E-state index in [1.165, 1.54) is 13.8 Å². The van der Waals surface area contributed by atoms with Crippen LogP contribution >= 0.6 is 0 Å². The number of hydrogen-bond donors (Lipinski definition) is 2. The van der Waals surface area contributed by atoms with Gasteiger partial charge in [-0.25, -0.2) is 0 Å². The van der Waals surface area contributed by atoms with E-state index >= 15 is 0 Å². The maximum absolute atomic E-state index is 13.7. The third-order valence-electron chi connectivity index (χ3n) is 11.2. The van der Waals surface area contributed by atoms with Gasteiger partial charge in [-0.3, -0.25) is 9.59 Å². The average molecular weight is 765 g/mol. The Balaban J connectivity index is 0.000000461. The molecule has 5 nitrogen and oxygen atoms in total. The van der Waals surface area contributed by atoms with Crippen LogP contribution in [0.25, 0.3) is 0 Å². The molecule has 1 radical (unpaired) electrons. The summed E-state index contributed by atoms with van der Waals surface area (Å²) in [6.07, 6.45) is -12.2. The van der Waals surface area contributed by atoms with Crippen molar-refractivity contribution in [1.82, 2.24) is 0 Å². The monoisotopic (exact) mass is 765 g/mol. The van der Waals surface area contributed by atoms with Crippen LogP contribution in [-0.4, -0.2) is 63.3 Å². The summed E-state index contributed by atoms with van der Waals surface area (Å²) in [5.41, 5.74) is -6.20. The van der Waals surface area contributed by atoms with Crippen molar-refractivity contribution in [3.63, 3.8) is 0 Å². The Kier molecular flexibility index (Phi) is 10.8. The molecule has 0 amide bonds. The fourth-order valence-corrected chi connectivity index (χ4v) is 7.27. The van der Waals surface area contributed by atoms with Gasteiger partial charge in [-0.15, -0.1) is 0 Å². The molecule has 0 saturated heterocycles. The summed E-state index contributed by atoms with van der Waals surface area (Å²) < 4.78 is 181. The van der Waals surface area contributed by atoms with Crippen molar-refractivity contribution >= 4 is 11.6 Å². The number of aliphatic hydroxyl groups is 2. The molecule has 4 aliphatic rings. The van der Waals surface area contributed by atoms with Gasteiger partial charge in [-0.2, -0.15) is 61.5 Å². The van der Waals surface area contributed by atoms with Gasteiger partial charge in [-0.1, -0.05) is 41.5 Å². The van der Waals surface area contributed by atoms with Crippen LogP contribution in [-0.2, 0) is 28.1 Å². The number of aliphatic hydroxyl groups excluding tert-OH is 2. The van der Waals surface area contributed by atoms with Crippen LogP contribution in [0.5, 0.6) is 0 Å². The third kappa shape index (κ3) is 5.29. The predicted molar refractivity (Wildman–Crippen MR) is 134 cm³/mol. The van der Waals surface area contributed by atoms with Gasteiger partial charge in [0.05, 0.1) is 0 Å². The van der Waals surface area contributed by atoms with Gasteiger partial charge in [0.1, 0.15) is 0 Å². The summed E-state index contributed by atoms with van der Waals surface area (Å²) in [5.74, 6) is -33.7. The topological polar surface area (TPSA) is 106 Å². The van der Waals surface area contributed by atoms with Gasteiger partial charge in [0.2, 0.25) is 0 Å². The van der Waals surface area contributed by atoms with Crippen LogP contribution in [0.15, 0.2) is 22.7 Å². The summed E-state index contributed by atoms with van der Waals surface area (Å²) in [6.45, 7) is 9.06. The quantitative estimate of drug-likeness (QED) is 0.170. The first-order valence-corrected chi connectivity index (χ1v) is 13.7. The molecule has 20 heteroatoms. The number of halogens is 14. The van der Waals surface area contributed by atoms with Crippen molar-refractivity contribution in [2.45, 2.75) is 103 Å². The molecule has 0 spiro atoms.